The second kappa shape index (κ2) is 2.85. The van der Waals surface area contributed by atoms with Gasteiger partial charge in [-0.15, -0.1) is 0 Å². The predicted molar refractivity (Wildman–Crippen MR) is 61.7 cm³/mol. The van der Waals surface area contributed by atoms with E-state index in [1.807, 2.05) is 24.3 Å². The molecule has 0 amide bonds. The number of aromatic nitrogens is 3. The second-order valence-corrected chi connectivity index (χ2v) is 3.71. The van der Waals surface area contributed by atoms with E-state index in [0.717, 1.165) is 15.5 Å². The van der Waals surface area contributed by atoms with Crippen LogP contribution in [0.25, 0.3) is 21.9 Å². The van der Waals surface area contributed by atoms with Crippen LogP contribution >= 0.6 is 0 Å². The first-order valence-corrected chi connectivity index (χ1v) is 4.88. The zero-order valence-corrected chi connectivity index (χ0v) is 8.57. The molecule has 80 valence electrons. The minimum Gasteiger partial charge on any atom is -0.349 e. The van der Waals surface area contributed by atoms with Gasteiger partial charge in [0, 0.05) is 18.0 Å². The lowest BCUT2D eigenvalue weighted by molar-refractivity contribution is 0.792. The third-order valence-electron chi connectivity index (χ3n) is 2.76. The van der Waals surface area contributed by atoms with Gasteiger partial charge in [0.05, 0.1) is 5.52 Å². The molecule has 0 atom stereocenters. The minimum absolute atomic E-state index is 0.310. The molecule has 2 aromatic heterocycles. The van der Waals surface area contributed by atoms with Gasteiger partial charge in [-0.05, 0) is 6.07 Å². The monoisotopic (exact) mass is 215 g/mol. The predicted octanol–water partition coefficient (Wildman–Crippen LogP) is 0.708. The van der Waals surface area contributed by atoms with Gasteiger partial charge >= 0.3 is 5.69 Å². The van der Waals surface area contributed by atoms with Gasteiger partial charge in [0.1, 0.15) is 5.52 Å². The van der Waals surface area contributed by atoms with Crippen molar-refractivity contribution in [3.8, 4) is 0 Å². The SMILES string of the molecule is Cn1c(=O)[nH]c2c([nH]c3ccccc32)c1=O. The molecule has 0 spiro atoms. The molecule has 0 saturated carbocycles. The van der Waals surface area contributed by atoms with Gasteiger partial charge in [0.15, 0.2) is 0 Å². The summed E-state index contributed by atoms with van der Waals surface area (Å²) in [5.41, 5.74) is 1.14. The average Bonchev–Trinajstić information content (AvgIpc) is 2.65. The Kier molecular flexibility index (Phi) is 1.60. The van der Waals surface area contributed by atoms with Crippen molar-refractivity contribution in [3.05, 3.63) is 45.1 Å². The smallest absolute Gasteiger partial charge is 0.328 e. The van der Waals surface area contributed by atoms with E-state index in [-0.39, 0.29) is 5.56 Å². The highest BCUT2D eigenvalue weighted by atomic mass is 16.2. The Labute approximate surface area is 89.3 Å². The zero-order valence-electron chi connectivity index (χ0n) is 8.57. The van der Waals surface area contributed by atoms with Crippen molar-refractivity contribution in [1.82, 2.24) is 14.5 Å². The molecule has 2 N–H and O–H groups in total. The van der Waals surface area contributed by atoms with Crippen LogP contribution in [0, 0.1) is 0 Å². The zero-order chi connectivity index (χ0) is 11.3. The van der Waals surface area contributed by atoms with Crippen LogP contribution in [0.1, 0.15) is 0 Å². The lowest BCUT2D eigenvalue weighted by Crippen LogP contribution is -2.32. The number of hydrogen-bond acceptors (Lipinski definition) is 2. The summed E-state index contributed by atoms with van der Waals surface area (Å²) >= 11 is 0. The molecule has 5 nitrogen and oxygen atoms in total. The van der Waals surface area contributed by atoms with Crippen LogP contribution in [0.2, 0.25) is 0 Å². The topological polar surface area (TPSA) is 70.7 Å². The number of rotatable bonds is 0. The van der Waals surface area contributed by atoms with Gasteiger partial charge in [-0.25, -0.2) is 4.79 Å². The van der Waals surface area contributed by atoms with Gasteiger partial charge in [0.2, 0.25) is 0 Å². The molecule has 0 fully saturated rings. The number of H-pyrrole nitrogens is 2. The van der Waals surface area contributed by atoms with Gasteiger partial charge in [-0.1, -0.05) is 18.2 Å². The molecule has 3 rings (SSSR count). The summed E-state index contributed by atoms with van der Waals surface area (Å²) in [6.07, 6.45) is 0. The van der Waals surface area contributed by atoms with E-state index in [1.54, 1.807) is 0 Å². The van der Waals surface area contributed by atoms with E-state index >= 15 is 0 Å². The summed E-state index contributed by atoms with van der Waals surface area (Å²) in [5, 5.41) is 0.854. The summed E-state index contributed by atoms with van der Waals surface area (Å²) in [4.78, 5) is 29.0. The number of aromatic amines is 2. The Morgan fingerprint density at radius 2 is 1.81 bits per heavy atom. The number of nitrogens with zero attached hydrogens (tertiary/aromatic N) is 1. The Hall–Kier alpha value is -2.30. The third kappa shape index (κ3) is 0.995. The van der Waals surface area contributed by atoms with Crippen molar-refractivity contribution in [2.24, 2.45) is 7.05 Å². The first-order valence-electron chi connectivity index (χ1n) is 4.88. The normalized spacial score (nSPS) is 11.3. The van der Waals surface area contributed by atoms with Gasteiger partial charge < -0.3 is 9.97 Å². The molecular formula is C11H9N3O2. The molecule has 0 bridgehead atoms. The average molecular weight is 215 g/mol. The molecule has 0 aliphatic rings. The summed E-state index contributed by atoms with van der Waals surface area (Å²) in [7, 11) is 1.45. The highest BCUT2D eigenvalue weighted by molar-refractivity contribution is 6.04. The summed E-state index contributed by atoms with van der Waals surface area (Å²) in [6, 6.07) is 7.47. The Morgan fingerprint density at radius 3 is 2.62 bits per heavy atom. The van der Waals surface area contributed by atoms with Crippen molar-refractivity contribution in [2.45, 2.75) is 0 Å². The number of benzene rings is 1. The first kappa shape index (κ1) is 8.96. The number of nitrogens with one attached hydrogen (secondary N) is 2. The minimum atomic E-state index is -0.401. The molecule has 1 aromatic carbocycles. The van der Waals surface area contributed by atoms with Crippen LogP contribution in [-0.4, -0.2) is 14.5 Å². The van der Waals surface area contributed by atoms with Crippen LogP contribution in [0.15, 0.2) is 33.9 Å². The highest BCUT2D eigenvalue weighted by Crippen LogP contribution is 2.19. The Morgan fingerprint density at radius 1 is 1.06 bits per heavy atom. The molecule has 5 heteroatoms. The van der Waals surface area contributed by atoms with Crippen molar-refractivity contribution in [1.29, 1.82) is 0 Å². The van der Waals surface area contributed by atoms with Crippen LogP contribution in [-0.2, 0) is 7.05 Å². The van der Waals surface area contributed by atoms with E-state index in [9.17, 15) is 9.59 Å². The number of para-hydroxylation sites is 1. The molecule has 0 aliphatic heterocycles. The fourth-order valence-electron chi connectivity index (χ4n) is 1.88. The largest absolute Gasteiger partial charge is 0.349 e. The molecule has 0 unspecified atom stereocenters. The number of hydrogen-bond donors (Lipinski definition) is 2. The van der Waals surface area contributed by atoms with E-state index in [1.165, 1.54) is 7.05 Å². The van der Waals surface area contributed by atoms with Crippen LogP contribution in [0.3, 0.4) is 0 Å². The lowest BCUT2D eigenvalue weighted by Gasteiger charge is -1.95. The van der Waals surface area contributed by atoms with Crippen molar-refractivity contribution < 1.29 is 0 Å². The molecule has 2 heterocycles. The Bertz CT molecular complexity index is 807. The summed E-state index contributed by atoms with van der Waals surface area (Å²) < 4.78 is 1.05. The lowest BCUT2D eigenvalue weighted by atomic mass is 10.2. The van der Waals surface area contributed by atoms with Crippen molar-refractivity contribution >= 4 is 21.9 Å². The van der Waals surface area contributed by atoms with Crippen LogP contribution in [0.5, 0.6) is 0 Å². The third-order valence-corrected chi connectivity index (χ3v) is 2.76. The maximum Gasteiger partial charge on any atom is 0.328 e. The van der Waals surface area contributed by atoms with E-state index < -0.39 is 5.69 Å². The van der Waals surface area contributed by atoms with Crippen molar-refractivity contribution in [2.75, 3.05) is 0 Å². The summed E-state index contributed by atoms with van der Waals surface area (Å²) in [5.74, 6) is 0. The number of fused-ring (bicyclic) bond motifs is 3. The van der Waals surface area contributed by atoms with E-state index in [0.29, 0.717) is 11.0 Å². The molecule has 0 saturated heterocycles. The maximum absolute atomic E-state index is 11.8. The van der Waals surface area contributed by atoms with E-state index in [4.69, 9.17) is 0 Å². The summed E-state index contributed by atoms with van der Waals surface area (Å²) in [6.45, 7) is 0. The fourth-order valence-corrected chi connectivity index (χ4v) is 1.88. The molecule has 3 aromatic rings. The molecular weight excluding hydrogens is 206 g/mol. The molecule has 0 radical (unpaired) electrons. The highest BCUT2D eigenvalue weighted by Gasteiger charge is 2.09. The van der Waals surface area contributed by atoms with E-state index in [2.05, 4.69) is 9.97 Å². The van der Waals surface area contributed by atoms with Gasteiger partial charge in [0.25, 0.3) is 5.56 Å². The molecule has 16 heavy (non-hydrogen) atoms. The molecule has 0 aliphatic carbocycles. The fraction of sp³-hybridized carbons (Fsp3) is 0.0909. The quantitative estimate of drug-likeness (QED) is 0.579. The van der Waals surface area contributed by atoms with Crippen molar-refractivity contribution in [3.63, 3.8) is 0 Å². The van der Waals surface area contributed by atoms with Gasteiger partial charge in [-0.2, -0.15) is 0 Å². The second-order valence-electron chi connectivity index (χ2n) is 3.71. The van der Waals surface area contributed by atoms with Crippen LogP contribution < -0.4 is 11.2 Å². The Balaban J connectivity index is 2.72. The van der Waals surface area contributed by atoms with Crippen LogP contribution in [0.4, 0.5) is 0 Å². The standard InChI is InChI=1S/C11H9N3O2/c1-14-10(15)9-8(13-11(14)16)6-4-2-3-5-7(6)12-9/h2-5,12H,1H3,(H,13,16). The van der Waals surface area contributed by atoms with Gasteiger partial charge in [-0.3, -0.25) is 9.36 Å². The maximum atomic E-state index is 11.8. The first-order chi connectivity index (χ1) is 7.68.